The van der Waals surface area contributed by atoms with E-state index >= 15 is 0 Å². The van der Waals surface area contributed by atoms with Gasteiger partial charge in [-0.3, -0.25) is 4.98 Å². The first kappa shape index (κ1) is 22.9. The lowest BCUT2D eigenvalue weighted by Crippen LogP contribution is -2.29. The van der Waals surface area contributed by atoms with Crippen LogP contribution < -0.4 is 5.32 Å². The molecule has 4 heterocycles. The number of methoxy groups -OCH3 is 1. The molecule has 35 heavy (non-hydrogen) atoms. The molecule has 1 fully saturated rings. The number of carbonyl (C=O) groups excluding carboxylic acids is 1. The van der Waals surface area contributed by atoms with E-state index < -0.39 is 0 Å². The van der Waals surface area contributed by atoms with Crippen LogP contribution in [0.4, 0.5) is 0 Å². The Kier molecular flexibility index (Phi) is 6.13. The number of carbonyl (C=O) groups is 1. The molecule has 178 valence electrons. The molecule has 2 unspecified atom stereocenters. The Morgan fingerprint density at radius 3 is 2.66 bits per heavy atom. The quantitative estimate of drug-likeness (QED) is 0.302. The van der Waals surface area contributed by atoms with Gasteiger partial charge in [-0.2, -0.15) is 0 Å². The second kappa shape index (κ2) is 9.38. The SMILES string of the molecule is COC(=O)c1ccccc1-n1c(C)cc(C2C(c3ccccn3)NC(=S)N2Cc2ccco2)c1C. The van der Waals surface area contributed by atoms with Crippen molar-refractivity contribution in [3.05, 3.63) is 107 Å². The van der Waals surface area contributed by atoms with Gasteiger partial charge < -0.3 is 23.9 Å². The molecule has 1 aliphatic heterocycles. The number of furan rings is 1. The first-order chi connectivity index (χ1) is 17.0. The van der Waals surface area contributed by atoms with Gasteiger partial charge in [0.1, 0.15) is 5.76 Å². The summed E-state index contributed by atoms with van der Waals surface area (Å²) in [5.74, 6) is 0.454. The summed E-state index contributed by atoms with van der Waals surface area (Å²) in [6.07, 6.45) is 3.46. The van der Waals surface area contributed by atoms with Crippen LogP contribution in [0, 0.1) is 13.8 Å². The molecule has 2 atom stereocenters. The molecular formula is C27H26N4O3S. The number of benzene rings is 1. The van der Waals surface area contributed by atoms with Crippen molar-refractivity contribution < 1.29 is 13.9 Å². The van der Waals surface area contributed by atoms with Crippen molar-refractivity contribution in [1.82, 2.24) is 19.8 Å². The third kappa shape index (κ3) is 4.10. The molecule has 1 saturated heterocycles. The fraction of sp³-hybridized carbons (Fsp3) is 0.222. The van der Waals surface area contributed by atoms with Crippen LogP contribution in [0.2, 0.25) is 0 Å². The summed E-state index contributed by atoms with van der Waals surface area (Å²) in [7, 11) is 1.40. The van der Waals surface area contributed by atoms with Gasteiger partial charge in [-0.15, -0.1) is 0 Å². The second-order valence-corrected chi connectivity index (χ2v) is 8.89. The summed E-state index contributed by atoms with van der Waals surface area (Å²) in [4.78, 5) is 19.3. The van der Waals surface area contributed by atoms with Crippen LogP contribution in [0.1, 0.15) is 50.8 Å². The first-order valence-electron chi connectivity index (χ1n) is 11.4. The van der Waals surface area contributed by atoms with E-state index in [1.165, 1.54) is 7.11 Å². The van der Waals surface area contributed by atoms with Gasteiger partial charge >= 0.3 is 5.97 Å². The lowest BCUT2D eigenvalue weighted by atomic mass is 9.96. The molecule has 0 amide bonds. The van der Waals surface area contributed by atoms with Crippen LogP contribution in [0.25, 0.3) is 5.69 Å². The average Bonchev–Trinajstić information content (AvgIpc) is 3.58. The molecule has 5 rings (SSSR count). The lowest BCUT2D eigenvalue weighted by Gasteiger charge is -2.27. The van der Waals surface area contributed by atoms with Crippen molar-refractivity contribution in [2.45, 2.75) is 32.5 Å². The summed E-state index contributed by atoms with van der Waals surface area (Å²) >= 11 is 5.79. The summed E-state index contributed by atoms with van der Waals surface area (Å²) in [6, 6.07) is 19.1. The number of ether oxygens (including phenoxy) is 1. The first-order valence-corrected chi connectivity index (χ1v) is 11.8. The number of aryl methyl sites for hydroxylation is 1. The molecule has 0 aliphatic carbocycles. The van der Waals surface area contributed by atoms with E-state index in [1.54, 1.807) is 18.5 Å². The van der Waals surface area contributed by atoms with Crippen molar-refractivity contribution >= 4 is 23.3 Å². The maximum absolute atomic E-state index is 12.5. The number of esters is 1. The molecule has 0 saturated carbocycles. The maximum atomic E-state index is 12.5. The smallest absolute Gasteiger partial charge is 0.339 e. The minimum absolute atomic E-state index is 0.132. The van der Waals surface area contributed by atoms with E-state index in [1.807, 2.05) is 55.5 Å². The fourth-order valence-corrected chi connectivity index (χ4v) is 5.20. The maximum Gasteiger partial charge on any atom is 0.339 e. The normalized spacial score (nSPS) is 17.5. The number of para-hydroxylation sites is 1. The molecule has 0 bridgehead atoms. The largest absolute Gasteiger partial charge is 0.467 e. The van der Waals surface area contributed by atoms with E-state index in [4.69, 9.17) is 21.4 Å². The standard InChI is InChI=1S/C27H26N4O3S/c1-17-15-21(18(2)31(17)23-12-5-4-10-20(23)26(32)33-3)25-24(22-11-6-7-13-28-22)29-27(35)30(25)16-19-9-8-14-34-19/h4-15,24-25H,16H2,1-3H3,(H,29,35). The average molecular weight is 487 g/mol. The number of pyridine rings is 1. The number of rotatable bonds is 6. The van der Waals surface area contributed by atoms with Gasteiger partial charge in [0.15, 0.2) is 5.11 Å². The lowest BCUT2D eigenvalue weighted by molar-refractivity contribution is 0.0600. The van der Waals surface area contributed by atoms with Gasteiger partial charge in [0.2, 0.25) is 0 Å². The molecule has 1 N–H and O–H groups in total. The minimum atomic E-state index is -0.371. The monoisotopic (exact) mass is 486 g/mol. The summed E-state index contributed by atoms with van der Waals surface area (Å²) < 4.78 is 12.8. The molecule has 8 heteroatoms. The van der Waals surface area contributed by atoms with E-state index in [0.717, 1.165) is 34.1 Å². The number of thiocarbonyl (C=S) groups is 1. The molecule has 4 aromatic rings. The molecule has 0 radical (unpaired) electrons. The minimum Gasteiger partial charge on any atom is -0.467 e. The Morgan fingerprint density at radius 1 is 1.14 bits per heavy atom. The Bertz CT molecular complexity index is 1360. The topological polar surface area (TPSA) is 72.5 Å². The molecule has 7 nitrogen and oxygen atoms in total. The van der Waals surface area contributed by atoms with Crippen LogP contribution in [0.3, 0.4) is 0 Å². The third-order valence-corrected chi connectivity index (χ3v) is 6.80. The highest BCUT2D eigenvalue weighted by Gasteiger charge is 2.41. The zero-order valence-corrected chi connectivity index (χ0v) is 20.6. The van der Waals surface area contributed by atoms with Gasteiger partial charge in [0.05, 0.1) is 48.9 Å². The third-order valence-electron chi connectivity index (χ3n) is 6.44. The number of hydrogen-bond acceptors (Lipinski definition) is 5. The fourth-order valence-electron chi connectivity index (χ4n) is 4.89. The van der Waals surface area contributed by atoms with Gasteiger partial charge in [-0.25, -0.2) is 4.79 Å². The van der Waals surface area contributed by atoms with Crippen LogP contribution in [0.15, 0.2) is 77.5 Å². The van der Waals surface area contributed by atoms with Crippen LogP contribution >= 0.6 is 12.2 Å². The highest BCUT2D eigenvalue weighted by atomic mass is 32.1. The molecular weight excluding hydrogens is 460 g/mol. The van der Waals surface area contributed by atoms with Gasteiger partial charge in [0, 0.05) is 17.6 Å². The van der Waals surface area contributed by atoms with Crippen LogP contribution in [0.5, 0.6) is 0 Å². The van der Waals surface area contributed by atoms with Crippen molar-refractivity contribution in [2.24, 2.45) is 0 Å². The highest BCUT2D eigenvalue weighted by Crippen LogP contribution is 2.42. The number of nitrogens with one attached hydrogen (secondary N) is 1. The molecule has 0 spiro atoms. The van der Waals surface area contributed by atoms with Crippen molar-refractivity contribution in [3.63, 3.8) is 0 Å². The van der Waals surface area contributed by atoms with Crippen molar-refractivity contribution in [3.8, 4) is 5.69 Å². The Balaban J connectivity index is 1.64. The van der Waals surface area contributed by atoms with Crippen molar-refractivity contribution in [2.75, 3.05) is 7.11 Å². The van der Waals surface area contributed by atoms with Crippen LogP contribution in [-0.2, 0) is 11.3 Å². The molecule has 3 aromatic heterocycles. The molecule has 1 aromatic carbocycles. The second-order valence-electron chi connectivity index (χ2n) is 8.50. The summed E-state index contributed by atoms with van der Waals surface area (Å²) in [5.41, 5.74) is 5.31. The Labute approximate surface area is 209 Å². The van der Waals surface area contributed by atoms with Crippen molar-refractivity contribution in [1.29, 1.82) is 0 Å². The van der Waals surface area contributed by atoms with Crippen LogP contribution in [-0.4, -0.2) is 32.6 Å². The number of aromatic nitrogens is 2. The predicted molar refractivity (Wildman–Crippen MR) is 136 cm³/mol. The Hall–Kier alpha value is -3.91. The summed E-state index contributed by atoms with van der Waals surface area (Å²) in [5, 5.41) is 4.13. The number of nitrogens with zero attached hydrogens (tertiary/aromatic N) is 3. The highest BCUT2D eigenvalue weighted by molar-refractivity contribution is 7.80. The van der Waals surface area contributed by atoms with Gasteiger partial charge in [-0.05, 0) is 74.1 Å². The van der Waals surface area contributed by atoms with Gasteiger partial charge in [0.25, 0.3) is 0 Å². The molecule has 1 aliphatic rings. The van der Waals surface area contributed by atoms with Gasteiger partial charge in [-0.1, -0.05) is 18.2 Å². The summed E-state index contributed by atoms with van der Waals surface area (Å²) in [6.45, 7) is 4.63. The predicted octanol–water partition coefficient (Wildman–Crippen LogP) is 5.04. The Morgan fingerprint density at radius 2 is 1.94 bits per heavy atom. The van der Waals surface area contributed by atoms with E-state index in [0.29, 0.717) is 17.2 Å². The van der Waals surface area contributed by atoms with E-state index in [2.05, 4.69) is 32.8 Å². The zero-order chi connectivity index (χ0) is 24.5. The zero-order valence-electron chi connectivity index (χ0n) is 19.8. The number of hydrogen-bond donors (Lipinski definition) is 1. The van der Waals surface area contributed by atoms with E-state index in [-0.39, 0.29) is 18.1 Å². The van der Waals surface area contributed by atoms with E-state index in [9.17, 15) is 4.79 Å².